The van der Waals surface area contributed by atoms with Crippen molar-refractivity contribution in [1.82, 2.24) is 24.5 Å². The highest BCUT2D eigenvalue weighted by molar-refractivity contribution is 5.78. The molecule has 0 saturated heterocycles. The summed E-state index contributed by atoms with van der Waals surface area (Å²) in [4.78, 5) is 16.9. The van der Waals surface area contributed by atoms with Gasteiger partial charge in [0.15, 0.2) is 0 Å². The molecule has 0 spiro atoms. The molecule has 1 aromatic carbocycles. The lowest BCUT2D eigenvalue weighted by molar-refractivity contribution is 1.01. The van der Waals surface area contributed by atoms with Gasteiger partial charge >= 0.3 is 0 Å². The molecule has 5 heteroatoms. The Kier molecular flexibility index (Phi) is 5.28. The molecule has 1 N–H and O–H groups in total. The van der Waals surface area contributed by atoms with Gasteiger partial charge in [-0.05, 0) is 85.0 Å². The molecule has 5 aromatic rings. The van der Waals surface area contributed by atoms with Crippen LogP contribution >= 0.6 is 0 Å². The molecule has 7 rings (SSSR count). The molecule has 0 atom stereocenters. The lowest BCUT2D eigenvalue weighted by atomic mass is 10.2. The second kappa shape index (κ2) is 8.88. The van der Waals surface area contributed by atoms with E-state index in [1.165, 1.54) is 5.39 Å². The summed E-state index contributed by atoms with van der Waals surface area (Å²) in [6, 6.07) is 28.7. The molecule has 0 amide bonds. The van der Waals surface area contributed by atoms with E-state index in [1.54, 1.807) is 0 Å². The second-order valence-electron chi connectivity index (χ2n) is 8.47. The zero-order chi connectivity index (χ0) is 23.6. The van der Waals surface area contributed by atoms with E-state index < -0.39 is 0 Å². The van der Waals surface area contributed by atoms with Gasteiger partial charge in [0.1, 0.15) is 0 Å². The lowest BCUT2D eigenvalue weighted by Crippen LogP contribution is -1.86. The van der Waals surface area contributed by atoms with Crippen LogP contribution < -0.4 is 0 Å². The molecule has 35 heavy (non-hydrogen) atoms. The summed E-state index contributed by atoms with van der Waals surface area (Å²) >= 11 is 0. The number of rotatable bonds is 0. The van der Waals surface area contributed by atoms with Crippen LogP contribution in [0.3, 0.4) is 0 Å². The van der Waals surface area contributed by atoms with E-state index in [4.69, 9.17) is 0 Å². The van der Waals surface area contributed by atoms with Crippen molar-refractivity contribution in [3.05, 3.63) is 114 Å². The molecule has 8 bridgehead atoms. The summed E-state index contributed by atoms with van der Waals surface area (Å²) < 4.78 is 2.15. The van der Waals surface area contributed by atoms with E-state index in [2.05, 4.69) is 92.2 Å². The van der Waals surface area contributed by atoms with Gasteiger partial charge in [-0.15, -0.1) is 0 Å². The quantitative estimate of drug-likeness (QED) is 0.272. The number of aromatic nitrogens is 5. The third kappa shape index (κ3) is 4.52. The molecular weight excluding hydrogens is 430 g/mol. The SMILES string of the molecule is Cn1c2ccc1cc1nc(cc3ccc(cc4nc(c2)C=C4)[nH]3)C=C1.c1ccc2ncccc2c1. The molecule has 2 aliphatic rings. The zero-order valence-electron chi connectivity index (χ0n) is 19.3. The highest BCUT2D eigenvalue weighted by atomic mass is 14.9. The summed E-state index contributed by atoms with van der Waals surface area (Å²) in [7, 11) is 2.06. The van der Waals surface area contributed by atoms with E-state index in [0.29, 0.717) is 0 Å². The average molecular weight is 454 g/mol. The van der Waals surface area contributed by atoms with Crippen LogP contribution in [-0.2, 0) is 7.05 Å². The van der Waals surface area contributed by atoms with Gasteiger partial charge in [0.05, 0.1) is 28.3 Å². The Balaban J connectivity index is 0.000000191. The van der Waals surface area contributed by atoms with Gasteiger partial charge in [0, 0.05) is 40.7 Å². The summed E-state index contributed by atoms with van der Waals surface area (Å²) in [6.45, 7) is 0. The minimum Gasteiger partial charge on any atom is -0.355 e. The molecule has 6 heterocycles. The first kappa shape index (κ1) is 20.8. The maximum absolute atomic E-state index is 4.68. The maximum Gasteiger partial charge on any atom is 0.0701 e. The molecule has 0 aliphatic carbocycles. The first-order valence-corrected chi connectivity index (χ1v) is 11.5. The number of fused-ring (bicyclic) bond motifs is 9. The number of benzene rings is 1. The lowest BCUT2D eigenvalue weighted by Gasteiger charge is -1.95. The van der Waals surface area contributed by atoms with Gasteiger partial charge in [-0.2, -0.15) is 0 Å². The van der Waals surface area contributed by atoms with Crippen molar-refractivity contribution in [3.8, 4) is 0 Å². The van der Waals surface area contributed by atoms with Crippen LogP contribution in [0.5, 0.6) is 0 Å². The monoisotopic (exact) mass is 453 g/mol. The van der Waals surface area contributed by atoms with Gasteiger partial charge in [-0.1, -0.05) is 24.3 Å². The van der Waals surface area contributed by atoms with Crippen LogP contribution in [-0.4, -0.2) is 24.5 Å². The highest BCUT2D eigenvalue weighted by Crippen LogP contribution is 2.18. The molecule has 5 nitrogen and oxygen atoms in total. The second-order valence-corrected chi connectivity index (χ2v) is 8.47. The predicted molar refractivity (Wildman–Crippen MR) is 145 cm³/mol. The zero-order valence-corrected chi connectivity index (χ0v) is 19.3. The summed E-state index contributed by atoms with van der Waals surface area (Å²) in [5.74, 6) is 0. The number of aromatic amines is 1. The van der Waals surface area contributed by atoms with Crippen LogP contribution in [0.2, 0.25) is 0 Å². The summed E-state index contributed by atoms with van der Waals surface area (Å²) in [6.07, 6.45) is 9.97. The molecule has 2 aliphatic heterocycles. The topological polar surface area (TPSA) is 59.4 Å². The van der Waals surface area contributed by atoms with Crippen LogP contribution in [0.4, 0.5) is 0 Å². The number of hydrogen-bond donors (Lipinski definition) is 1. The predicted octanol–water partition coefficient (Wildman–Crippen LogP) is 6.90. The van der Waals surface area contributed by atoms with Crippen LogP contribution in [0.1, 0.15) is 22.8 Å². The molecular formula is C30H23N5. The Labute approximate surface area is 202 Å². The number of nitrogens with zero attached hydrogens (tertiary/aromatic N) is 4. The standard InChI is InChI=1S/C21H16N4.C9H7N/c1-25-20-8-9-21(25)13-19-7-5-17(24-19)11-15-3-2-14(22-15)10-16-4-6-18(12-20)23-16;1-2-6-9-8(4-1)5-3-7-10-9/h2-13,22H,1H3;1-7H. The third-order valence-electron chi connectivity index (χ3n) is 6.01. The Bertz CT molecular complexity index is 1610. The van der Waals surface area contributed by atoms with Crippen molar-refractivity contribution in [1.29, 1.82) is 0 Å². The smallest absolute Gasteiger partial charge is 0.0701 e. The van der Waals surface area contributed by atoms with E-state index in [9.17, 15) is 0 Å². The van der Waals surface area contributed by atoms with E-state index in [0.717, 1.165) is 50.4 Å². The fourth-order valence-electron chi connectivity index (χ4n) is 4.18. The van der Waals surface area contributed by atoms with Crippen LogP contribution in [0, 0.1) is 0 Å². The number of hydrogen-bond acceptors (Lipinski definition) is 3. The molecule has 4 aromatic heterocycles. The van der Waals surface area contributed by atoms with Crippen molar-refractivity contribution < 1.29 is 0 Å². The third-order valence-corrected chi connectivity index (χ3v) is 6.01. The summed E-state index contributed by atoms with van der Waals surface area (Å²) in [5.41, 5.74) is 9.15. The largest absolute Gasteiger partial charge is 0.355 e. The highest BCUT2D eigenvalue weighted by Gasteiger charge is 2.02. The van der Waals surface area contributed by atoms with Crippen molar-refractivity contribution >= 4 is 57.3 Å². The van der Waals surface area contributed by atoms with Gasteiger partial charge in [0.25, 0.3) is 0 Å². The number of pyridine rings is 1. The van der Waals surface area contributed by atoms with Crippen LogP contribution in [0.15, 0.2) is 91.1 Å². The average Bonchev–Trinajstić information content (AvgIpc) is 3.67. The Morgan fingerprint density at radius 2 is 1.14 bits per heavy atom. The van der Waals surface area contributed by atoms with Crippen molar-refractivity contribution in [3.63, 3.8) is 0 Å². The van der Waals surface area contributed by atoms with Crippen molar-refractivity contribution in [2.45, 2.75) is 0 Å². The maximum atomic E-state index is 4.68. The minimum absolute atomic E-state index is 0.946. The van der Waals surface area contributed by atoms with Gasteiger partial charge in [0.2, 0.25) is 0 Å². The first-order chi connectivity index (χ1) is 17.2. The van der Waals surface area contributed by atoms with E-state index in [-0.39, 0.29) is 0 Å². The number of para-hydroxylation sites is 1. The Morgan fingerprint density at radius 1 is 0.600 bits per heavy atom. The molecule has 0 radical (unpaired) electrons. The fourth-order valence-corrected chi connectivity index (χ4v) is 4.18. The number of nitrogens with one attached hydrogen (secondary N) is 1. The van der Waals surface area contributed by atoms with E-state index >= 15 is 0 Å². The van der Waals surface area contributed by atoms with Crippen LogP contribution in [0.25, 0.3) is 57.3 Å². The molecule has 0 fully saturated rings. The van der Waals surface area contributed by atoms with Gasteiger partial charge < -0.3 is 9.55 Å². The molecule has 0 saturated carbocycles. The van der Waals surface area contributed by atoms with Crippen molar-refractivity contribution in [2.75, 3.05) is 0 Å². The Morgan fingerprint density at radius 3 is 1.74 bits per heavy atom. The minimum atomic E-state index is 0.946. The molecule has 0 unspecified atom stereocenters. The fraction of sp³-hybridized carbons (Fsp3) is 0.0333. The normalized spacial score (nSPS) is 11.9. The Hall–Kier alpha value is -4.77. The van der Waals surface area contributed by atoms with Crippen molar-refractivity contribution in [2.24, 2.45) is 7.05 Å². The molecule has 168 valence electrons. The van der Waals surface area contributed by atoms with E-state index in [1.807, 2.05) is 54.8 Å². The number of aryl methyl sites for hydroxylation is 1. The summed E-state index contributed by atoms with van der Waals surface area (Å²) in [5, 5.41) is 1.20. The van der Waals surface area contributed by atoms with Gasteiger partial charge in [-0.25, -0.2) is 9.97 Å². The van der Waals surface area contributed by atoms with Gasteiger partial charge in [-0.3, -0.25) is 4.98 Å². The number of H-pyrrole nitrogens is 1. The first-order valence-electron chi connectivity index (χ1n) is 11.5.